The summed E-state index contributed by atoms with van der Waals surface area (Å²) in [6.45, 7) is 1.69. The summed E-state index contributed by atoms with van der Waals surface area (Å²) in [5.41, 5.74) is 2.23. The van der Waals surface area contributed by atoms with Crippen LogP contribution in [0.15, 0.2) is 36.4 Å². The summed E-state index contributed by atoms with van der Waals surface area (Å²) in [6, 6.07) is 10.8. The summed E-state index contributed by atoms with van der Waals surface area (Å²) in [5, 5.41) is 2.89. The van der Waals surface area contributed by atoms with Gasteiger partial charge in [0.15, 0.2) is 11.5 Å². The van der Waals surface area contributed by atoms with Gasteiger partial charge in [0, 0.05) is 38.8 Å². The number of ether oxygens (including phenoxy) is 3. The van der Waals surface area contributed by atoms with Crippen molar-refractivity contribution in [1.29, 1.82) is 0 Å². The van der Waals surface area contributed by atoms with Gasteiger partial charge in [-0.05, 0) is 37.5 Å². The van der Waals surface area contributed by atoms with Gasteiger partial charge in [0.1, 0.15) is 6.17 Å². The zero-order chi connectivity index (χ0) is 25.7. The quantitative estimate of drug-likeness (QED) is 0.453. The van der Waals surface area contributed by atoms with E-state index in [2.05, 4.69) is 5.32 Å². The van der Waals surface area contributed by atoms with E-state index in [1.165, 1.54) is 14.2 Å². The highest BCUT2D eigenvalue weighted by Gasteiger charge is 2.49. The summed E-state index contributed by atoms with van der Waals surface area (Å²) < 4.78 is 16.0. The second-order valence-corrected chi connectivity index (χ2v) is 8.84. The largest absolute Gasteiger partial charge is 0.493 e. The highest BCUT2D eigenvalue weighted by atomic mass is 16.5. The third-order valence-electron chi connectivity index (χ3n) is 6.63. The lowest BCUT2D eigenvalue weighted by atomic mass is 10.0. The lowest BCUT2D eigenvalue weighted by Gasteiger charge is -2.41. The Labute approximate surface area is 211 Å². The number of rotatable bonds is 12. The van der Waals surface area contributed by atoms with E-state index in [0.29, 0.717) is 60.9 Å². The first-order chi connectivity index (χ1) is 17.5. The average molecular weight is 496 g/mol. The molecular weight excluding hydrogens is 462 g/mol. The normalized spacial score (nSPS) is 15.9. The molecule has 0 saturated heterocycles. The molecule has 2 aliphatic rings. The van der Waals surface area contributed by atoms with Crippen LogP contribution in [0.2, 0.25) is 0 Å². The first-order valence-corrected chi connectivity index (χ1v) is 12.3. The van der Waals surface area contributed by atoms with Crippen LogP contribution in [0.5, 0.6) is 11.5 Å². The minimum absolute atomic E-state index is 0.0246. The zero-order valence-corrected chi connectivity index (χ0v) is 21.0. The molecule has 0 spiro atoms. The van der Waals surface area contributed by atoms with Crippen LogP contribution >= 0.6 is 0 Å². The molecule has 1 atom stereocenters. The number of nitrogens with one attached hydrogen (secondary N) is 1. The molecule has 2 heterocycles. The second-order valence-electron chi connectivity index (χ2n) is 8.84. The van der Waals surface area contributed by atoms with Crippen LogP contribution in [0.4, 0.5) is 5.69 Å². The molecule has 0 fully saturated rings. The Kier molecular flexibility index (Phi) is 8.10. The monoisotopic (exact) mass is 495 g/mol. The highest BCUT2D eigenvalue weighted by Crippen LogP contribution is 2.49. The van der Waals surface area contributed by atoms with Gasteiger partial charge in [-0.25, -0.2) is 0 Å². The summed E-state index contributed by atoms with van der Waals surface area (Å²) >= 11 is 0. The molecule has 4 rings (SSSR count). The van der Waals surface area contributed by atoms with Crippen molar-refractivity contribution >= 4 is 23.4 Å². The molecule has 0 radical (unpaired) electrons. The van der Waals surface area contributed by atoms with Gasteiger partial charge >= 0.3 is 0 Å². The second kappa shape index (κ2) is 11.4. The molecule has 9 nitrogen and oxygen atoms in total. The molecule has 0 saturated carbocycles. The van der Waals surface area contributed by atoms with Crippen molar-refractivity contribution in [2.75, 3.05) is 45.9 Å². The number of carbonyl (C=O) groups excluding carboxylic acids is 3. The molecule has 36 heavy (non-hydrogen) atoms. The number of anilines is 1. The SMILES string of the molecule is COCCCNC(=O)CCCCCN1C(=O)c2ccccc2N2C(=O)c3c(ccc(OC)c3OC)[C@H]12. The van der Waals surface area contributed by atoms with Crippen molar-refractivity contribution < 1.29 is 28.6 Å². The molecule has 192 valence electrons. The first kappa shape index (κ1) is 25.5. The number of amides is 3. The zero-order valence-electron chi connectivity index (χ0n) is 21.0. The Bertz CT molecular complexity index is 1130. The average Bonchev–Trinajstić information content (AvgIpc) is 3.19. The molecule has 2 aromatic rings. The number of carbonyl (C=O) groups is 3. The van der Waals surface area contributed by atoms with Gasteiger partial charge in [-0.15, -0.1) is 0 Å². The number of benzene rings is 2. The summed E-state index contributed by atoms with van der Waals surface area (Å²) in [5.74, 6) is 0.530. The van der Waals surface area contributed by atoms with Gasteiger partial charge in [0.2, 0.25) is 5.91 Å². The van der Waals surface area contributed by atoms with Crippen LogP contribution in [0, 0.1) is 0 Å². The molecule has 2 aliphatic heterocycles. The number of para-hydroxylation sites is 1. The molecule has 0 aliphatic carbocycles. The van der Waals surface area contributed by atoms with E-state index in [1.54, 1.807) is 41.2 Å². The van der Waals surface area contributed by atoms with Crippen molar-refractivity contribution in [2.45, 2.75) is 38.3 Å². The minimum Gasteiger partial charge on any atom is -0.493 e. The third kappa shape index (κ3) is 4.75. The topological polar surface area (TPSA) is 97.4 Å². The van der Waals surface area contributed by atoms with Gasteiger partial charge in [0.05, 0.1) is 31.0 Å². The Hall–Kier alpha value is -3.59. The van der Waals surface area contributed by atoms with Gasteiger partial charge in [0.25, 0.3) is 11.8 Å². The smallest absolute Gasteiger partial charge is 0.264 e. The molecule has 0 bridgehead atoms. The van der Waals surface area contributed by atoms with Crippen molar-refractivity contribution in [1.82, 2.24) is 10.2 Å². The van der Waals surface area contributed by atoms with Crippen LogP contribution in [-0.4, -0.2) is 63.6 Å². The van der Waals surface area contributed by atoms with Gasteiger partial charge in [-0.3, -0.25) is 19.3 Å². The van der Waals surface area contributed by atoms with Gasteiger partial charge in [-0.1, -0.05) is 24.6 Å². The number of unbranched alkanes of at least 4 members (excludes halogenated alkanes) is 2. The summed E-state index contributed by atoms with van der Waals surface area (Å²) in [4.78, 5) is 42.7. The molecule has 0 aromatic heterocycles. The maximum atomic E-state index is 13.7. The molecule has 3 amide bonds. The van der Waals surface area contributed by atoms with Crippen LogP contribution in [0.3, 0.4) is 0 Å². The van der Waals surface area contributed by atoms with E-state index in [1.807, 2.05) is 12.1 Å². The lowest BCUT2D eigenvalue weighted by molar-refractivity contribution is -0.121. The Morgan fingerprint density at radius 3 is 2.50 bits per heavy atom. The molecular formula is C27H33N3O6. The maximum Gasteiger partial charge on any atom is 0.264 e. The van der Waals surface area contributed by atoms with E-state index in [-0.39, 0.29) is 17.7 Å². The van der Waals surface area contributed by atoms with Crippen LogP contribution in [0.25, 0.3) is 0 Å². The number of fused-ring (bicyclic) bond motifs is 5. The predicted molar refractivity (Wildman–Crippen MR) is 135 cm³/mol. The van der Waals surface area contributed by atoms with E-state index in [4.69, 9.17) is 14.2 Å². The van der Waals surface area contributed by atoms with Crippen molar-refractivity contribution in [2.24, 2.45) is 0 Å². The van der Waals surface area contributed by atoms with E-state index in [0.717, 1.165) is 24.8 Å². The van der Waals surface area contributed by atoms with Crippen LogP contribution in [-0.2, 0) is 9.53 Å². The Balaban J connectivity index is 1.50. The number of nitrogens with zero attached hydrogens (tertiary/aromatic N) is 2. The number of hydrogen-bond donors (Lipinski definition) is 1. The van der Waals surface area contributed by atoms with Crippen molar-refractivity contribution in [3.8, 4) is 11.5 Å². The van der Waals surface area contributed by atoms with E-state index < -0.39 is 6.17 Å². The summed E-state index contributed by atoms with van der Waals surface area (Å²) in [7, 11) is 4.68. The lowest BCUT2D eigenvalue weighted by Crippen LogP contribution is -2.48. The third-order valence-corrected chi connectivity index (χ3v) is 6.63. The minimum atomic E-state index is -0.557. The van der Waals surface area contributed by atoms with Gasteiger partial charge in [-0.2, -0.15) is 0 Å². The maximum absolute atomic E-state index is 13.7. The number of methoxy groups -OCH3 is 3. The van der Waals surface area contributed by atoms with E-state index in [9.17, 15) is 14.4 Å². The first-order valence-electron chi connectivity index (χ1n) is 12.3. The standard InChI is InChI=1S/C27H33N3O6/c1-34-17-9-15-28-22(31)12-5-4-8-16-29-25-19-13-14-21(35-2)24(36-3)23(19)27(33)30(25)20-11-7-6-10-18(20)26(29)32/h6-7,10-11,13-14,25H,4-5,8-9,12,15-17H2,1-3H3,(H,28,31)/t25-/m1/s1. The molecule has 9 heteroatoms. The fraction of sp³-hybridized carbons (Fsp3) is 0.444. The Morgan fingerprint density at radius 2 is 1.75 bits per heavy atom. The fourth-order valence-electron chi connectivity index (χ4n) is 4.93. The van der Waals surface area contributed by atoms with Crippen LogP contribution < -0.4 is 19.7 Å². The van der Waals surface area contributed by atoms with Crippen molar-refractivity contribution in [3.05, 3.63) is 53.1 Å². The Morgan fingerprint density at radius 1 is 0.944 bits per heavy atom. The molecule has 2 aromatic carbocycles. The van der Waals surface area contributed by atoms with Gasteiger partial charge < -0.3 is 24.4 Å². The fourth-order valence-corrected chi connectivity index (χ4v) is 4.93. The molecule has 0 unspecified atom stereocenters. The van der Waals surface area contributed by atoms with Crippen LogP contribution in [0.1, 0.15) is 64.5 Å². The highest BCUT2D eigenvalue weighted by molar-refractivity contribution is 6.18. The predicted octanol–water partition coefficient (Wildman–Crippen LogP) is 3.53. The number of hydrogen-bond acceptors (Lipinski definition) is 6. The van der Waals surface area contributed by atoms with Crippen molar-refractivity contribution in [3.63, 3.8) is 0 Å². The molecule has 1 N–H and O–H groups in total. The van der Waals surface area contributed by atoms with E-state index >= 15 is 0 Å². The summed E-state index contributed by atoms with van der Waals surface area (Å²) in [6.07, 6.45) is 2.90.